The van der Waals surface area contributed by atoms with E-state index in [9.17, 15) is 0 Å². The number of aromatic nitrogens is 4. The number of aryl methyl sites for hydroxylation is 2. The monoisotopic (exact) mass is 424 g/mol. The largest absolute Gasteiger partial charge is 0.493 e. The third kappa shape index (κ3) is 4.30. The molecule has 4 aromatic rings. The molecule has 154 valence electrons. The Morgan fingerprint density at radius 1 is 0.900 bits per heavy atom. The van der Waals surface area contributed by atoms with Crippen LogP contribution in [0.1, 0.15) is 17.0 Å². The van der Waals surface area contributed by atoms with Crippen LogP contribution in [0.15, 0.2) is 50.6 Å². The Kier molecular flexibility index (Phi) is 5.71. The standard InChI is InChI=1S/C21H20N4O4S/c1-12-7-13(2)9-15(8-12)20-23-24-21(28-20)30-11-18-22-19(25-29-18)14-5-6-16(26-3)17(10-14)27-4/h5-10H,11H2,1-4H3. The Hall–Kier alpha value is -3.33. The quantitative estimate of drug-likeness (QED) is 0.391. The van der Waals surface area contributed by atoms with Crippen LogP contribution in [0.3, 0.4) is 0 Å². The molecule has 0 spiro atoms. The van der Waals surface area contributed by atoms with E-state index in [-0.39, 0.29) is 0 Å². The molecule has 4 rings (SSSR count). The van der Waals surface area contributed by atoms with E-state index in [4.69, 9.17) is 18.4 Å². The molecule has 0 aliphatic rings. The molecule has 0 aliphatic heterocycles. The number of ether oxygens (including phenoxy) is 2. The van der Waals surface area contributed by atoms with Gasteiger partial charge in [0.1, 0.15) is 0 Å². The molecule has 0 amide bonds. The average molecular weight is 424 g/mol. The van der Waals surface area contributed by atoms with Crippen LogP contribution in [0.25, 0.3) is 22.8 Å². The third-order valence-electron chi connectivity index (χ3n) is 4.30. The summed E-state index contributed by atoms with van der Waals surface area (Å²) in [5, 5.41) is 12.7. The highest BCUT2D eigenvalue weighted by atomic mass is 32.2. The summed E-state index contributed by atoms with van der Waals surface area (Å²) in [6.07, 6.45) is 0. The molecule has 8 nitrogen and oxygen atoms in total. The minimum atomic E-state index is 0.411. The average Bonchev–Trinajstić information content (AvgIpc) is 3.40. The highest BCUT2D eigenvalue weighted by molar-refractivity contribution is 7.98. The SMILES string of the molecule is COc1ccc(-c2noc(CSc3nnc(-c4cc(C)cc(C)c4)o3)n2)cc1OC. The lowest BCUT2D eigenvalue weighted by molar-refractivity contribution is 0.355. The molecular weight excluding hydrogens is 404 g/mol. The second kappa shape index (κ2) is 8.58. The molecule has 0 saturated carbocycles. The predicted molar refractivity (Wildman–Crippen MR) is 112 cm³/mol. The second-order valence-corrected chi connectivity index (χ2v) is 7.55. The van der Waals surface area contributed by atoms with Gasteiger partial charge in [-0.05, 0) is 44.2 Å². The summed E-state index contributed by atoms with van der Waals surface area (Å²) in [7, 11) is 3.17. The normalized spacial score (nSPS) is 10.9. The van der Waals surface area contributed by atoms with Gasteiger partial charge in [0.25, 0.3) is 5.22 Å². The van der Waals surface area contributed by atoms with Crippen LogP contribution in [0.4, 0.5) is 0 Å². The zero-order valence-corrected chi connectivity index (χ0v) is 17.8. The molecule has 0 unspecified atom stereocenters. The number of benzene rings is 2. The first-order valence-corrected chi connectivity index (χ1v) is 10.1. The van der Waals surface area contributed by atoms with Crippen LogP contribution >= 0.6 is 11.8 Å². The van der Waals surface area contributed by atoms with Crippen LogP contribution in [0.2, 0.25) is 0 Å². The molecule has 2 aromatic carbocycles. The molecule has 0 saturated heterocycles. The predicted octanol–water partition coefficient (Wildman–Crippen LogP) is 4.71. The Morgan fingerprint density at radius 3 is 2.40 bits per heavy atom. The summed E-state index contributed by atoms with van der Waals surface area (Å²) >= 11 is 1.34. The van der Waals surface area contributed by atoms with Crippen molar-refractivity contribution < 1.29 is 18.4 Å². The van der Waals surface area contributed by atoms with E-state index >= 15 is 0 Å². The number of nitrogens with zero attached hydrogens (tertiary/aromatic N) is 4. The van der Waals surface area contributed by atoms with E-state index in [0.29, 0.717) is 40.1 Å². The summed E-state index contributed by atoms with van der Waals surface area (Å²) in [5.74, 6) is 3.05. The Labute approximate surface area is 177 Å². The number of hydrogen-bond acceptors (Lipinski definition) is 9. The number of rotatable bonds is 7. The van der Waals surface area contributed by atoms with Crippen molar-refractivity contribution >= 4 is 11.8 Å². The van der Waals surface area contributed by atoms with Gasteiger partial charge in [0.05, 0.1) is 20.0 Å². The van der Waals surface area contributed by atoms with Crippen molar-refractivity contribution in [2.75, 3.05) is 14.2 Å². The summed E-state index contributed by atoms with van der Waals surface area (Å²) in [4.78, 5) is 4.43. The maximum absolute atomic E-state index is 5.77. The van der Waals surface area contributed by atoms with E-state index in [1.165, 1.54) is 11.8 Å². The van der Waals surface area contributed by atoms with Gasteiger partial charge in [0.15, 0.2) is 11.5 Å². The van der Waals surface area contributed by atoms with Crippen LogP contribution in [-0.4, -0.2) is 34.6 Å². The highest BCUT2D eigenvalue weighted by Gasteiger charge is 2.15. The fourth-order valence-electron chi connectivity index (χ4n) is 3.01. The van der Waals surface area contributed by atoms with Crippen LogP contribution in [0.5, 0.6) is 11.5 Å². The van der Waals surface area contributed by atoms with Gasteiger partial charge in [0.2, 0.25) is 17.6 Å². The fraction of sp³-hybridized carbons (Fsp3) is 0.238. The van der Waals surface area contributed by atoms with Crippen molar-refractivity contribution in [3.8, 4) is 34.3 Å². The lowest BCUT2D eigenvalue weighted by Gasteiger charge is -2.07. The van der Waals surface area contributed by atoms with Gasteiger partial charge in [-0.3, -0.25) is 0 Å². The minimum absolute atomic E-state index is 0.411. The van der Waals surface area contributed by atoms with Crippen molar-refractivity contribution in [1.82, 2.24) is 20.3 Å². The van der Waals surface area contributed by atoms with Gasteiger partial charge in [-0.1, -0.05) is 34.1 Å². The summed E-state index contributed by atoms with van der Waals surface area (Å²) in [5.41, 5.74) is 3.96. The minimum Gasteiger partial charge on any atom is -0.493 e. The molecule has 0 fully saturated rings. The van der Waals surface area contributed by atoms with Crippen LogP contribution < -0.4 is 9.47 Å². The van der Waals surface area contributed by atoms with Crippen LogP contribution in [-0.2, 0) is 5.75 Å². The Bertz CT molecular complexity index is 1150. The first-order chi connectivity index (χ1) is 14.6. The number of thioether (sulfide) groups is 1. The molecule has 2 heterocycles. The molecule has 0 atom stereocenters. The fourth-order valence-corrected chi connectivity index (χ4v) is 3.61. The molecule has 2 aromatic heterocycles. The van der Waals surface area contributed by atoms with Crippen molar-refractivity contribution in [3.05, 3.63) is 53.4 Å². The number of hydrogen-bond donors (Lipinski definition) is 0. The van der Waals surface area contributed by atoms with Gasteiger partial charge < -0.3 is 18.4 Å². The van der Waals surface area contributed by atoms with E-state index in [2.05, 4.69) is 26.4 Å². The van der Waals surface area contributed by atoms with Gasteiger partial charge in [0, 0.05) is 11.1 Å². The molecular formula is C21H20N4O4S. The molecule has 0 aliphatic carbocycles. The van der Waals surface area contributed by atoms with Crippen molar-refractivity contribution in [2.24, 2.45) is 0 Å². The van der Waals surface area contributed by atoms with Gasteiger partial charge >= 0.3 is 0 Å². The summed E-state index contributed by atoms with van der Waals surface area (Å²) < 4.78 is 21.7. The van der Waals surface area contributed by atoms with Crippen molar-refractivity contribution in [3.63, 3.8) is 0 Å². The molecule has 0 radical (unpaired) electrons. The molecule has 9 heteroatoms. The highest BCUT2D eigenvalue weighted by Crippen LogP contribution is 2.32. The zero-order valence-electron chi connectivity index (χ0n) is 17.0. The second-order valence-electron chi connectivity index (χ2n) is 6.62. The topological polar surface area (TPSA) is 96.3 Å². The maximum atomic E-state index is 5.77. The van der Waals surface area contributed by atoms with Gasteiger partial charge in [-0.2, -0.15) is 4.98 Å². The molecule has 30 heavy (non-hydrogen) atoms. The Morgan fingerprint density at radius 2 is 1.67 bits per heavy atom. The van der Waals surface area contributed by atoms with E-state index in [1.807, 2.05) is 32.0 Å². The first-order valence-electron chi connectivity index (χ1n) is 9.15. The molecule has 0 bridgehead atoms. The maximum Gasteiger partial charge on any atom is 0.277 e. The van der Waals surface area contributed by atoms with E-state index < -0.39 is 0 Å². The molecule has 0 N–H and O–H groups in total. The van der Waals surface area contributed by atoms with Gasteiger partial charge in [-0.15, -0.1) is 10.2 Å². The smallest absolute Gasteiger partial charge is 0.277 e. The van der Waals surface area contributed by atoms with Gasteiger partial charge in [-0.25, -0.2) is 0 Å². The van der Waals surface area contributed by atoms with Crippen molar-refractivity contribution in [2.45, 2.75) is 24.8 Å². The lowest BCUT2D eigenvalue weighted by Crippen LogP contribution is -1.91. The van der Waals surface area contributed by atoms with E-state index in [0.717, 1.165) is 22.3 Å². The van der Waals surface area contributed by atoms with Crippen molar-refractivity contribution in [1.29, 1.82) is 0 Å². The first kappa shape index (κ1) is 20.0. The zero-order chi connectivity index (χ0) is 21.1. The van der Waals surface area contributed by atoms with Crippen LogP contribution in [0, 0.1) is 13.8 Å². The van der Waals surface area contributed by atoms with E-state index in [1.54, 1.807) is 26.4 Å². The lowest BCUT2D eigenvalue weighted by atomic mass is 10.1. The third-order valence-corrected chi connectivity index (χ3v) is 5.11. The summed E-state index contributed by atoms with van der Waals surface area (Å²) in [6, 6.07) is 11.6. The summed E-state index contributed by atoms with van der Waals surface area (Å²) in [6.45, 7) is 4.07. The Balaban J connectivity index is 1.45. The number of methoxy groups -OCH3 is 2.